The van der Waals surface area contributed by atoms with Crippen molar-refractivity contribution in [2.24, 2.45) is 0 Å². The predicted molar refractivity (Wildman–Crippen MR) is 110 cm³/mol. The van der Waals surface area contributed by atoms with E-state index in [1.54, 1.807) is 66.7 Å². The number of carbonyl (C=O) groups is 2. The highest BCUT2D eigenvalue weighted by Gasteiger charge is 2.26. The summed E-state index contributed by atoms with van der Waals surface area (Å²) in [5, 5.41) is 0.536. The van der Waals surface area contributed by atoms with Gasteiger partial charge in [-0.05, 0) is 65.1 Å². The van der Waals surface area contributed by atoms with Crippen molar-refractivity contribution in [2.45, 2.75) is 6.10 Å². The van der Waals surface area contributed by atoms with E-state index >= 15 is 0 Å². The highest BCUT2D eigenvalue weighted by molar-refractivity contribution is 14.1. The van der Waals surface area contributed by atoms with Gasteiger partial charge in [0, 0.05) is 19.7 Å². The number of ketones is 1. The molecule has 3 nitrogen and oxygen atoms in total. The lowest BCUT2D eigenvalue weighted by Gasteiger charge is -2.17. The summed E-state index contributed by atoms with van der Waals surface area (Å²) in [6.45, 7) is 0. The largest absolute Gasteiger partial charge is 0.445 e. The summed E-state index contributed by atoms with van der Waals surface area (Å²) in [4.78, 5) is 25.5. The van der Waals surface area contributed by atoms with E-state index in [-0.39, 0.29) is 5.78 Å². The predicted octanol–water partition coefficient (Wildman–Crippen LogP) is 5.73. The smallest absolute Gasteiger partial charge is 0.339 e. The van der Waals surface area contributed by atoms with Crippen LogP contribution < -0.4 is 0 Å². The van der Waals surface area contributed by atoms with E-state index in [1.165, 1.54) is 0 Å². The number of hydrogen-bond donors (Lipinski definition) is 0. The van der Waals surface area contributed by atoms with Gasteiger partial charge < -0.3 is 4.74 Å². The van der Waals surface area contributed by atoms with Crippen LogP contribution in [0.3, 0.4) is 0 Å². The van der Waals surface area contributed by atoms with Gasteiger partial charge in [-0.3, -0.25) is 4.79 Å². The van der Waals surface area contributed by atoms with Gasteiger partial charge in [-0.25, -0.2) is 4.79 Å². The van der Waals surface area contributed by atoms with Gasteiger partial charge in [0.05, 0.1) is 5.56 Å². The van der Waals surface area contributed by atoms with Crippen LogP contribution in [0.4, 0.5) is 0 Å². The number of rotatable bonds is 5. The maximum atomic E-state index is 13.0. The fraction of sp³-hybridized carbons (Fsp3) is 0.0476. The standard InChI is InChI=1S/C21H14ClIO3/c22-17-11-9-14(10-12-17)19(24)20(15-5-2-1-3-6-15)26-21(25)16-7-4-8-18(23)13-16/h1-13,20H/t20-/m1/s1. The monoisotopic (exact) mass is 476 g/mol. The summed E-state index contributed by atoms with van der Waals surface area (Å²) in [6, 6.07) is 22.5. The van der Waals surface area contributed by atoms with Crippen LogP contribution in [-0.2, 0) is 4.74 Å². The van der Waals surface area contributed by atoms with Gasteiger partial charge in [-0.1, -0.05) is 48.0 Å². The van der Waals surface area contributed by atoms with E-state index in [0.717, 1.165) is 3.57 Å². The third kappa shape index (κ3) is 4.51. The molecule has 3 aromatic rings. The highest BCUT2D eigenvalue weighted by atomic mass is 127. The summed E-state index contributed by atoms with van der Waals surface area (Å²) >= 11 is 8.02. The molecule has 0 amide bonds. The van der Waals surface area contributed by atoms with Crippen LogP contribution in [0.1, 0.15) is 32.4 Å². The maximum Gasteiger partial charge on any atom is 0.339 e. The third-order valence-electron chi connectivity index (χ3n) is 3.75. The van der Waals surface area contributed by atoms with Crippen molar-refractivity contribution in [3.63, 3.8) is 0 Å². The minimum atomic E-state index is -1.03. The third-order valence-corrected chi connectivity index (χ3v) is 4.68. The Morgan fingerprint density at radius 1 is 0.846 bits per heavy atom. The molecule has 0 aliphatic heterocycles. The quantitative estimate of drug-likeness (QED) is 0.268. The summed E-state index contributed by atoms with van der Waals surface area (Å²) in [6.07, 6.45) is -1.03. The Labute approximate surface area is 170 Å². The van der Waals surface area contributed by atoms with E-state index in [9.17, 15) is 9.59 Å². The molecule has 0 fully saturated rings. The molecule has 26 heavy (non-hydrogen) atoms. The first-order valence-corrected chi connectivity index (χ1v) is 9.31. The van der Waals surface area contributed by atoms with Crippen molar-refractivity contribution >= 4 is 45.9 Å². The maximum absolute atomic E-state index is 13.0. The van der Waals surface area contributed by atoms with Crippen molar-refractivity contribution in [3.05, 3.63) is 104 Å². The second kappa shape index (κ2) is 8.47. The average molecular weight is 477 g/mol. The second-order valence-electron chi connectivity index (χ2n) is 5.58. The number of ether oxygens (including phenoxy) is 1. The zero-order valence-electron chi connectivity index (χ0n) is 13.6. The van der Waals surface area contributed by atoms with Crippen LogP contribution in [-0.4, -0.2) is 11.8 Å². The highest BCUT2D eigenvalue weighted by Crippen LogP contribution is 2.25. The summed E-state index contributed by atoms with van der Waals surface area (Å²) in [7, 11) is 0. The molecule has 3 rings (SSSR count). The molecule has 130 valence electrons. The minimum Gasteiger partial charge on any atom is -0.445 e. The topological polar surface area (TPSA) is 43.4 Å². The number of halogens is 2. The van der Waals surface area contributed by atoms with Gasteiger partial charge >= 0.3 is 5.97 Å². The Balaban J connectivity index is 1.92. The molecular weight excluding hydrogens is 463 g/mol. The van der Waals surface area contributed by atoms with Gasteiger partial charge in [0.2, 0.25) is 5.78 Å². The second-order valence-corrected chi connectivity index (χ2v) is 7.26. The first-order chi connectivity index (χ1) is 12.5. The Bertz CT molecular complexity index is 924. The summed E-state index contributed by atoms with van der Waals surface area (Å²) < 4.78 is 6.51. The summed E-state index contributed by atoms with van der Waals surface area (Å²) in [5.74, 6) is -0.841. The lowest BCUT2D eigenvalue weighted by Crippen LogP contribution is -2.20. The number of benzene rings is 3. The van der Waals surface area contributed by atoms with Crippen LogP contribution in [0.25, 0.3) is 0 Å². The first kappa shape index (κ1) is 18.6. The molecule has 0 spiro atoms. The van der Waals surface area contributed by atoms with Crippen LogP contribution in [0.5, 0.6) is 0 Å². The van der Waals surface area contributed by atoms with E-state index in [4.69, 9.17) is 16.3 Å². The minimum absolute atomic E-state index is 0.299. The van der Waals surface area contributed by atoms with E-state index in [0.29, 0.717) is 21.7 Å². The van der Waals surface area contributed by atoms with Crippen molar-refractivity contribution in [1.29, 1.82) is 0 Å². The van der Waals surface area contributed by atoms with Crippen LogP contribution in [0.2, 0.25) is 5.02 Å². The molecule has 0 heterocycles. The number of carbonyl (C=O) groups excluding carboxylic acids is 2. The van der Waals surface area contributed by atoms with E-state index < -0.39 is 12.1 Å². The Hall–Kier alpha value is -2.18. The lowest BCUT2D eigenvalue weighted by atomic mass is 9.99. The lowest BCUT2D eigenvalue weighted by molar-refractivity contribution is 0.0280. The van der Waals surface area contributed by atoms with Crippen LogP contribution in [0, 0.1) is 3.57 Å². The zero-order chi connectivity index (χ0) is 18.5. The number of esters is 1. The molecule has 0 bridgehead atoms. The molecule has 0 saturated heterocycles. The van der Waals surface area contributed by atoms with Crippen molar-refractivity contribution in [3.8, 4) is 0 Å². The van der Waals surface area contributed by atoms with E-state index in [2.05, 4.69) is 22.6 Å². The Kier molecular flexibility index (Phi) is 6.06. The van der Waals surface area contributed by atoms with Crippen molar-refractivity contribution in [1.82, 2.24) is 0 Å². The molecule has 0 unspecified atom stereocenters. The molecule has 3 aromatic carbocycles. The molecule has 0 radical (unpaired) electrons. The SMILES string of the molecule is O=C(O[C@@H](C(=O)c1ccc(Cl)cc1)c1ccccc1)c1cccc(I)c1. The molecule has 0 saturated carbocycles. The molecule has 1 atom stereocenters. The van der Waals surface area contributed by atoms with Crippen LogP contribution in [0.15, 0.2) is 78.9 Å². The normalized spacial score (nSPS) is 11.6. The van der Waals surface area contributed by atoms with Gasteiger partial charge in [-0.15, -0.1) is 0 Å². The van der Waals surface area contributed by atoms with Crippen LogP contribution >= 0.6 is 34.2 Å². The van der Waals surface area contributed by atoms with Gasteiger partial charge in [0.25, 0.3) is 0 Å². The molecular formula is C21H14ClIO3. The number of hydrogen-bond acceptors (Lipinski definition) is 3. The number of Topliss-reactive ketones (excluding diaryl/α,β-unsaturated/α-hetero) is 1. The molecule has 5 heteroatoms. The average Bonchev–Trinajstić information content (AvgIpc) is 2.66. The van der Waals surface area contributed by atoms with Crippen molar-refractivity contribution < 1.29 is 14.3 Å². The van der Waals surface area contributed by atoms with E-state index in [1.807, 2.05) is 12.1 Å². The molecule has 0 aliphatic carbocycles. The summed E-state index contributed by atoms with van der Waals surface area (Å²) in [5.41, 5.74) is 1.45. The van der Waals surface area contributed by atoms with Gasteiger partial charge in [0.1, 0.15) is 0 Å². The van der Waals surface area contributed by atoms with Gasteiger partial charge in [0.15, 0.2) is 6.10 Å². The zero-order valence-corrected chi connectivity index (χ0v) is 16.5. The Morgan fingerprint density at radius 3 is 2.19 bits per heavy atom. The fourth-order valence-corrected chi connectivity index (χ4v) is 3.13. The van der Waals surface area contributed by atoms with Crippen molar-refractivity contribution in [2.75, 3.05) is 0 Å². The molecule has 0 aliphatic rings. The molecule has 0 aromatic heterocycles. The fourth-order valence-electron chi connectivity index (χ4n) is 2.46. The Morgan fingerprint density at radius 2 is 1.54 bits per heavy atom. The first-order valence-electron chi connectivity index (χ1n) is 7.86. The van der Waals surface area contributed by atoms with Gasteiger partial charge in [-0.2, -0.15) is 0 Å². The molecule has 0 N–H and O–H groups in total.